The standard InChI is InChI=1S/C17H24N2/c1-3-5-9-14-13-15(10-6-4-2)19-17(14)16-11-7-8-12-18-16/h7-8,11-13,19H,3-6,9-10H2,1-2H3. The maximum absolute atomic E-state index is 4.48. The number of aromatic amines is 1. The molecule has 0 saturated carbocycles. The molecule has 0 amide bonds. The Kier molecular flexibility index (Phi) is 5.20. The molecule has 2 aromatic rings. The zero-order valence-corrected chi connectivity index (χ0v) is 12.1. The molecule has 0 unspecified atom stereocenters. The first-order chi connectivity index (χ1) is 9.35. The smallest absolute Gasteiger partial charge is 0.0867 e. The van der Waals surface area contributed by atoms with Crippen molar-refractivity contribution in [2.75, 3.05) is 0 Å². The molecule has 0 spiro atoms. The highest BCUT2D eigenvalue weighted by Gasteiger charge is 2.10. The molecule has 0 radical (unpaired) electrons. The minimum absolute atomic E-state index is 1.07. The largest absolute Gasteiger partial charge is 0.357 e. The summed E-state index contributed by atoms with van der Waals surface area (Å²) in [7, 11) is 0. The van der Waals surface area contributed by atoms with E-state index in [9.17, 15) is 0 Å². The minimum Gasteiger partial charge on any atom is -0.357 e. The van der Waals surface area contributed by atoms with E-state index in [0.29, 0.717) is 0 Å². The van der Waals surface area contributed by atoms with Crippen molar-refractivity contribution in [2.45, 2.75) is 52.4 Å². The van der Waals surface area contributed by atoms with Crippen molar-refractivity contribution >= 4 is 0 Å². The third-order valence-electron chi connectivity index (χ3n) is 3.48. The van der Waals surface area contributed by atoms with Crippen molar-refractivity contribution in [3.63, 3.8) is 0 Å². The first-order valence-corrected chi connectivity index (χ1v) is 7.47. The van der Waals surface area contributed by atoms with Crippen LogP contribution in [0.15, 0.2) is 30.5 Å². The number of hydrogen-bond acceptors (Lipinski definition) is 1. The lowest BCUT2D eigenvalue weighted by molar-refractivity contribution is 0.780. The molecular weight excluding hydrogens is 232 g/mol. The van der Waals surface area contributed by atoms with Gasteiger partial charge in [0.1, 0.15) is 0 Å². The van der Waals surface area contributed by atoms with Gasteiger partial charge < -0.3 is 4.98 Å². The van der Waals surface area contributed by atoms with Crippen LogP contribution < -0.4 is 0 Å². The maximum atomic E-state index is 4.48. The minimum atomic E-state index is 1.07. The van der Waals surface area contributed by atoms with Crippen LogP contribution in [0, 0.1) is 0 Å². The van der Waals surface area contributed by atoms with E-state index < -0.39 is 0 Å². The van der Waals surface area contributed by atoms with Gasteiger partial charge in [0.25, 0.3) is 0 Å². The predicted molar refractivity (Wildman–Crippen MR) is 81.2 cm³/mol. The Balaban J connectivity index is 2.25. The van der Waals surface area contributed by atoms with Crippen LogP contribution in [-0.4, -0.2) is 9.97 Å². The SMILES string of the molecule is CCCCc1cc(CCCC)c(-c2ccccn2)[nH]1. The van der Waals surface area contributed by atoms with Gasteiger partial charge in [0.2, 0.25) is 0 Å². The number of nitrogens with one attached hydrogen (secondary N) is 1. The average molecular weight is 256 g/mol. The van der Waals surface area contributed by atoms with Gasteiger partial charge in [0, 0.05) is 11.9 Å². The van der Waals surface area contributed by atoms with E-state index in [4.69, 9.17) is 0 Å². The number of hydrogen-bond donors (Lipinski definition) is 1. The van der Waals surface area contributed by atoms with Crippen LogP contribution in [0.5, 0.6) is 0 Å². The molecule has 19 heavy (non-hydrogen) atoms. The number of H-pyrrole nitrogens is 1. The van der Waals surface area contributed by atoms with Crippen molar-refractivity contribution < 1.29 is 0 Å². The summed E-state index contributed by atoms with van der Waals surface area (Å²) in [6, 6.07) is 8.45. The summed E-state index contributed by atoms with van der Waals surface area (Å²) in [4.78, 5) is 8.06. The normalized spacial score (nSPS) is 10.8. The highest BCUT2D eigenvalue weighted by molar-refractivity contribution is 5.60. The second kappa shape index (κ2) is 7.13. The van der Waals surface area contributed by atoms with E-state index in [1.807, 2.05) is 12.3 Å². The Morgan fingerprint density at radius 3 is 2.53 bits per heavy atom. The number of aryl methyl sites for hydroxylation is 2. The van der Waals surface area contributed by atoms with Crippen molar-refractivity contribution in [3.05, 3.63) is 41.7 Å². The van der Waals surface area contributed by atoms with E-state index in [1.54, 1.807) is 0 Å². The third kappa shape index (κ3) is 3.69. The molecule has 0 fully saturated rings. The number of nitrogens with zero attached hydrogens (tertiary/aromatic N) is 1. The van der Waals surface area contributed by atoms with Gasteiger partial charge in [-0.1, -0.05) is 32.8 Å². The maximum Gasteiger partial charge on any atom is 0.0867 e. The van der Waals surface area contributed by atoms with E-state index in [2.05, 4.69) is 42.0 Å². The molecule has 2 rings (SSSR count). The van der Waals surface area contributed by atoms with Crippen LogP contribution in [0.3, 0.4) is 0 Å². The predicted octanol–water partition coefficient (Wildman–Crippen LogP) is 4.76. The third-order valence-corrected chi connectivity index (χ3v) is 3.48. The van der Waals surface area contributed by atoms with Crippen molar-refractivity contribution in [2.24, 2.45) is 0 Å². The van der Waals surface area contributed by atoms with Gasteiger partial charge in [-0.05, 0) is 49.4 Å². The second-order valence-corrected chi connectivity index (χ2v) is 5.12. The fourth-order valence-corrected chi connectivity index (χ4v) is 2.36. The summed E-state index contributed by atoms with van der Waals surface area (Å²) in [5.41, 5.74) is 5.07. The van der Waals surface area contributed by atoms with E-state index in [0.717, 1.165) is 18.5 Å². The van der Waals surface area contributed by atoms with Crippen LogP contribution in [0.1, 0.15) is 50.8 Å². The van der Waals surface area contributed by atoms with Crippen LogP contribution in [-0.2, 0) is 12.8 Å². The molecule has 0 aliphatic carbocycles. The molecule has 0 aliphatic heterocycles. The number of rotatable bonds is 7. The fraction of sp³-hybridized carbons (Fsp3) is 0.471. The van der Waals surface area contributed by atoms with Gasteiger partial charge in [0.15, 0.2) is 0 Å². The van der Waals surface area contributed by atoms with Gasteiger partial charge in [0.05, 0.1) is 11.4 Å². The first kappa shape index (κ1) is 13.9. The molecule has 102 valence electrons. The van der Waals surface area contributed by atoms with Crippen LogP contribution in [0.4, 0.5) is 0 Å². The summed E-state index contributed by atoms with van der Waals surface area (Å²) in [6.07, 6.45) is 9.11. The Hall–Kier alpha value is -1.57. The molecular formula is C17H24N2. The average Bonchev–Trinajstić information content (AvgIpc) is 2.87. The molecule has 1 N–H and O–H groups in total. The Bertz CT molecular complexity index is 485. The van der Waals surface area contributed by atoms with Crippen molar-refractivity contribution in [3.8, 4) is 11.4 Å². The molecule has 2 nitrogen and oxygen atoms in total. The number of pyridine rings is 1. The van der Waals surface area contributed by atoms with Gasteiger partial charge in [-0.2, -0.15) is 0 Å². The van der Waals surface area contributed by atoms with Gasteiger partial charge >= 0.3 is 0 Å². The van der Waals surface area contributed by atoms with Crippen LogP contribution >= 0.6 is 0 Å². The molecule has 2 heteroatoms. The second-order valence-electron chi connectivity index (χ2n) is 5.12. The Morgan fingerprint density at radius 1 is 1.05 bits per heavy atom. The van der Waals surface area contributed by atoms with E-state index in [1.165, 1.54) is 42.6 Å². The molecule has 0 saturated heterocycles. The summed E-state index contributed by atoms with van der Waals surface area (Å²) in [6.45, 7) is 4.48. The van der Waals surface area contributed by atoms with Gasteiger partial charge in [-0.3, -0.25) is 4.98 Å². The fourth-order valence-electron chi connectivity index (χ4n) is 2.36. The van der Waals surface area contributed by atoms with E-state index >= 15 is 0 Å². The number of unbranched alkanes of at least 4 members (excludes halogenated alkanes) is 2. The first-order valence-electron chi connectivity index (χ1n) is 7.47. The summed E-state index contributed by atoms with van der Waals surface area (Å²) in [5, 5.41) is 0. The molecule has 2 aromatic heterocycles. The molecule has 2 heterocycles. The monoisotopic (exact) mass is 256 g/mol. The lowest BCUT2D eigenvalue weighted by Gasteiger charge is -2.02. The highest BCUT2D eigenvalue weighted by atomic mass is 14.8. The van der Waals surface area contributed by atoms with Crippen molar-refractivity contribution in [1.82, 2.24) is 9.97 Å². The van der Waals surface area contributed by atoms with Crippen LogP contribution in [0.25, 0.3) is 11.4 Å². The van der Waals surface area contributed by atoms with Gasteiger partial charge in [-0.15, -0.1) is 0 Å². The quantitative estimate of drug-likeness (QED) is 0.760. The van der Waals surface area contributed by atoms with Crippen LogP contribution in [0.2, 0.25) is 0 Å². The summed E-state index contributed by atoms with van der Waals surface area (Å²) >= 11 is 0. The van der Waals surface area contributed by atoms with E-state index in [-0.39, 0.29) is 0 Å². The molecule has 0 atom stereocenters. The zero-order chi connectivity index (χ0) is 13.5. The molecule has 0 aromatic carbocycles. The lowest BCUT2D eigenvalue weighted by Crippen LogP contribution is -1.89. The molecule has 0 bridgehead atoms. The Morgan fingerprint density at radius 2 is 1.84 bits per heavy atom. The summed E-state index contributed by atoms with van der Waals surface area (Å²) < 4.78 is 0. The topological polar surface area (TPSA) is 28.7 Å². The number of aromatic nitrogens is 2. The highest BCUT2D eigenvalue weighted by Crippen LogP contribution is 2.24. The van der Waals surface area contributed by atoms with Gasteiger partial charge in [-0.25, -0.2) is 0 Å². The lowest BCUT2D eigenvalue weighted by atomic mass is 10.1. The van der Waals surface area contributed by atoms with Crippen molar-refractivity contribution in [1.29, 1.82) is 0 Å². The zero-order valence-electron chi connectivity index (χ0n) is 12.1. The molecule has 0 aliphatic rings. The Labute approximate surface area is 116 Å². The summed E-state index contributed by atoms with van der Waals surface area (Å²) in [5.74, 6) is 0.